The lowest BCUT2D eigenvalue weighted by Gasteiger charge is -1.97. The third-order valence-electron chi connectivity index (χ3n) is 2.33. The summed E-state index contributed by atoms with van der Waals surface area (Å²) in [7, 11) is 0. The predicted octanol–water partition coefficient (Wildman–Crippen LogP) is 2.26. The Morgan fingerprint density at radius 1 is 1.28 bits per heavy atom. The van der Waals surface area contributed by atoms with Crippen LogP contribution in [0.2, 0.25) is 0 Å². The van der Waals surface area contributed by atoms with E-state index in [4.69, 9.17) is 10.2 Å². The lowest BCUT2D eigenvalue weighted by atomic mass is 10.1. The van der Waals surface area contributed by atoms with E-state index in [1.54, 1.807) is 6.07 Å². The van der Waals surface area contributed by atoms with Gasteiger partial charge in [0.25, 0.3) is 0 Å². The van der Waals surface area contributed by atoms with Crippen LogP contribution in [0.25, 0.3) is 11.3 Å². The first kappa shape index (κ1) is 11.9. The van der Waals surface area contributed by atoms with Crippen molar-refractivity contribution in [3.63, 3.8) is 0 Å². The van der Waals surface area contributed by atoms with Crippen LogP contribution in [0.4, 0.5) is 4.79 Å². The zero-order valence-corrected chi connectivity index (χ0v) is 9.88. The molecule has 5 nitrogen and oxygen atoms in total. The van der Waals surface area contributed by atoms with Gasteiger partial charge in [0.2, 0.25) is 0 Å². The zero-order valence-electron chi connectivity index (χ0n) is 9.88. The molecule has 2 aromatic rings. The van der Waals surface area contributed by atoms with Crippen molar-refractivity contribution in [2.45, 2.75) is 6.92 Å². The van der Waals surface area contributed by atoms with Crippen molar-refractivity contribution in [2.75, 3.05) is 0 Å². The van der Waals surface area contributed by atoms with Gasteiger partial charge in [-0.15, -0.1) is 0 Å². The number of hydrogen-bond donors (Lipinski definition) is 2. The highest BCUT2D eigenvalue weighted by Crippen LogP contribution is 2.21. The van der Waals surface area contributed by atoms with Gasteiger partial charge in [-0.1, -0.05) is 29.8 Å². The van der Waals surface area contributed by atoms with Gasteiger partial charge in [0.15, 0.2) is 0 Å². The molecule has 0 fully saturated rings. The third kappa shape index (κ3) is 2.98. The maximum absolute atomic E-state index is 10.4. The number of furan rings is 1. The molecule has 0 spiro atoms. The Bertz CT molecular complexity index is 570. The Kier molecular flexibility index (Phi) is 3.43. The molecule has 0 radical (unpaired) electrons. The van der Waals surface area contributed by atoms with Crippen molar-refractivity contribution >= 4 is 12.2 Å². The molecule has 1 aromatic carbocycles. The highest BCUT2D eigenvalue weighted by molar-refractivity contribution is 5.79. The van der Waals surface area contributed by atoms with Crippen LogP contribution in [0.15, 0.2) is 45.9 Å². The summed E-state index contributed by atoms with van der Waals surface area (Å²) < 4.78 is 5.55. The molecule has 0 saturated heterocycles. The first-order chi connectivity index (χ1) is 8.65. The molecule has 18 heavy (non-hydrogen) atoms. The van der Waals surface area contributed by atoms with Crippen LogP contribution in [0, 0.1) is 6.92 Å². The minimum atomic E-state index is -0.712. The second-order valence-electron chi connectivity index (χ2n) is 3.80. The highest BCUT2D eigenvalue weighted by Gasteiger charge is 2.02. The largest absolute Gasteiger partial charge is 0.455 e. The quantitative estimate of drug-likeness (QED) is 0.640. The minimum absolute atomic E-state index is 0.541. The van der Waals surface area contributed by atoms with Gasteiger partial charge in [0, 0.05) is 5.56 Å². The maximum Gasteiger partial charge on any atom is 0.332 e. The highest BCUT2D eigenvalue weighted by atomic mass is 16.3. The fourth-order valence-corrected chi connectivity index (χ4v) is 1.45. The summed E-state index contributed by atoms with van der Waals surface area (Å²) in [5.74, 6) is 1.29. The molecule has 5 heteroatoms. The normalized spacial score (nSPS) is 10.7. The Morgan fingerprint density at radius 2 is 2.00 bits per heavy atom. The number of urea groups is 1. The number of nitrogens with two attached hydrogens (primary N) is 1. The summed E-state index contributed by atoms with van der Waals surface area (Å²) in [5.41, 5.74) is 9.15. The smallest absolute Gasteiger partial charge is 0.332 e. The van der Waals surface area contributed by atoms with Gasteiger partial charge in [-0.3, -0.25) is 0 Å². The molecule has 92 valence electrons. The number of benzene rings is 1. The van der Waals surface area contributed by atoms with Crippen LogP contribution in [0.5, 0.6) is 0 Å². The Hall–Kier alpha value is -2.56. The maximum atomic E-state index is 10.4. The van der Waals surface area contributed by atoms with E-state index < -0.39 is 6.03 Å². The van der Waals surface area contributed by atoms with E-state index in [1.165, 1.54) is 11.8 Å². The minimum Gasteiger partial charge on any atom is -0.455 e. The van der Waals surface area contributed by atoms with E-state index in [-0.39, 0.29) is 0 Å². The number of nitrogens with zero attached hydrogens (tertiary/aromatic N) is 1. The van der Waals surface area contributed by atoms with Gasteiger partial charge in [-0.25, -0.2) is 10.2 Å². The van der Waals surface area contributed by atoms with Gasteiger partial charge < -0.3 is 10.2 Å². The molecule has 1 aromatic heterocycles. The van der Waals surface area contributed by atoms with E-state index in [1.807, 2.05) is 37.3 Å². The molecular formula is C13H13N3O2. The summed E-state index contributed by atoms with van der Waals surface area (Å²) in [4.78, 5) is 10.4. The first-order valence-corrected chi connectivity index (χ1v) is 5.40. The second kappa shape index (κ2) is 5.18. The summed E-state index contributed by atoms with van der Waals surface area (Å²) in [6.07, 6.45) is 1.39. The summed E-state index contributed by atoms with van der Waals surface area (Å²) in [6.45, 7) is 2.03. The summed E-state index contributed by atoms with van der Waals surface area (Å²) >= 11 is 0. The fraction of sp³-hybridized carbons (Fsp3) is 0.0769. The molecule has 0 saturated carbocycles. The Labute approximate surface area is 104 Å². The van der Waals surface area contributed by atoms with E-state index >= 15 is 0 Å². The number of carbonyl (C=O) groups excluding carboxylic acids is 1. The van der Waals surface area contributed by atoms with Gasteiger partial charge in [0.1, 0.15) is 11.5 Å². The average molecular weight is 243 g/mol. The standard InChI is InChI=1S/C13H13N3O2/c1-9-2-4-10(5-3-9)12-7-6-11(18-12)8-15-16-13(14)17/h2-8H,1H3,(H3,14,16,17)/b15-8-. The van der Waals surface area contributed by atoms with E-state index in [0.29, 0.717) is 5.76 Å². The topological polar surface area (TPSA) is 80.6 Å². The molecule has 0 aliphatic carbocycles. The summed E-state index contributed by atoms with van der Waals surface area (Å²) in [5, 5.41) is 3.62. The van der Waals surface area contributed by atoms with E-state index in [2.05, 4.69) is 10.5 Å². The molecule has 0 unspecified atom stereocenters. The van der Waals surface area contributed by atoms with Crippen LogP contribution >= 0.6 is 0 Å². The molecule has 3 N–H and O–H groups in total. The van der Waals surface area contributed by atoms with E-state index in [9.17, 15) is 4.79 Å². The van der Waals surface area contributed by atoms with Gasteiger partial charge in [-0.05, 0) is 19.1 Å². The van der Waals surface area contributed by atoms with Crippen LogP contribution < -0.4 is 11.2 Å². The Balaban J connectivity index is 2.12. The lowest BCUT2D eigenvalue weighted by Crippen LogP contribution is -2.24. The molecular weight excluding hydrogens is 230 g/mol. The average Bonchev–Trinajstić information content (AvgIpc) is 2.78. The van der Waals surface area contributed by atoms with Gasteiger partial charge in [-0.2, -0.15) is 5.10 Å². The van der Waals surface area contributed by atoms with E-state index in [0.717, 1.165) is 11.3 Å². The van der Waals surface area contributed by atoms with Crippen LogP contribution in [-0.2, 0) is 0 Å². The van der Waals surface area contributed by atoms with Crippen molar-refractivity contribution in [3.8, 4) is 11.3 Å². The number of aryl methyl sites for hydroxylation is 1. The van der Waals surface area contributed by atoms with Crippen molar-refractivity contribution in [3.05, 3.63) is 47.7 Å². The molecule has 2 rings (SSSR count). The SMILES string of the molecule is Cc1ccc(-c2ccc(/C=N\NC(N)=O)o2)cc1. The molecule has 0 aliphatic rings. The number of hydrogen-bond acceptors (Lipinski definition) is 3. The van der Waals surface area contributed by atoms with Crippen LogP contribution in [0.1, 0.15) is 11.3 Å². The van der Waals surface area contributed by atoms with Gasteiger partial charge >= 0.3 is 6.03 Å². The molecule has 2 amide bonds. The zero-order chi connectivity index (χ0) is 13.0. The molecule has 1 heterocycles. The summed E-state index contributed by atoms with van der Waals surface area (Å²) in [6, 6.07) is 10.9. The molecule has 0 atom stereocenters. The van der Waals surface area contributed by atoms with Crippen molar-refractivity contribution in [1.82, 2.24) is 5.43 Å². The van der Waals surface area contributed by atoms with Gasteiger partial charge in [0.05, 0.1) is 6.21 Å². The number of hydrazone groups is 1. The van der Waals surface area contributed by atoms with Crippen LogP contribution in [0.3, 0.4) is 0 Å². The third-order valence-corrected chi connectivity index (χ3v) is 2.33. The first-order valence-electron chi connectivity index (χ1n) is 5.40. The second-order valence-corrected chi connectivity index (χ2v) is 3.80. The van der Waals surface area contributed by atoms with Crippen molar-refractivity contribution < 1.29 is 9.21 Å². The predicted molar refractivity (Wildman–Crippen MR) is 69.2 cm³/mol. The number of carbonyl (C=O) groups is 1. The molecule has 0 bridgehead atoms. The number of rotatable bonds is 3. The monoisotopic (exact) mass is 243 g/mol. The fourth-order valence-electron chi connectivity index (χ4n) is 1.45. The Morgan fingerprint density at radius 3 is 2.67 bits per heavy atom. The van der Waals surface area contributed by atoms with Crippen molar-refractivity contribution in [1.29, 1.82) is 0 Å². The number of nitrogens with one attached hydrogen (secondary N) is 1. The number of amides is 2. The van der Waals surface area contributed by atoms with Crippen molar-refractivity contribution in [2.24, 2.45) is 10.8 Å². The number of primary amides is 1. The lowest BCUT2D eigenvalue weighted by molar-refractivity contribution is 0.249. The molecule has 0 aliphatic heterocycles. The van der Waals surface area contributed by atoms with Crippen LogP contribution in [-0.4, -0.2) is 12.2 Å².